The summed E-state index contributed by atoms with van der Waals surface area (Å²) in [6.45, 7) is 1.36. The highest BCUT2D eigenvalue weighted by Gasteiger charge is 2.22. The number of anilines is 1. The van der Waals surface area contributed by atoms with Crippen LogP contribution in [0.1, 0.15) is 12.7 Å². The smallest absolute Gasteiger partial charge is 0.239 e. The molecule has 0 aliphatic heterocycles. The number of rotatable bonds is 4. The van der Waals surface area contributed by atoms with E-state index >= 15 is 0 Å². The van der Waals surface area contributed by atoms with Gasteiger partial charge in [-0.3, -0.25) is 10.2 Å². The van der Waals surface area contributed by atoms with E-state index in [0.717, 1.165) is 0 Å². The molecule has 21 heavy (non-hydrogen) atoms. The zero-order valence-corrected chi connectivity index (χ0v) is 11.9. The van der Waals surface area contributed by atoms with Crippen LogP contribution in [0.2, 0.25) is 0 Å². The summed E-state index contributed by atoms with van der Waals surface area (Å²) in [7, 11) is -3.83. The van der Waals surface area contributed by atoms with E-state index in [-0.39, 0.29) is 27.5 Å². The van der Waals surface area contributed by atoms with Gasteiger partial charge in [-0.15, -0.1) is 0 Å². The Morgan fingerprint density at radius 3 is 2.29 bits per heavy atom. The molecule has 0 unspecified atom stereocenters. The number of nitrogen functional groups attached to an aromatic ring is 1. The fourth-order valence-corrected chi connectivity index (χ4v) is 2.82. The van der Waals surface area contributed by atoms with Crippen LogP contribution in [0.15, 0.2) is 50.8 Å². The number of hydrogen-bond donors (Lipinski definition) is 3. The van der Waals surface area contributed by atoms with Crippen molar-refractivity contribution in [3.63, 3.8) is 0 Å². The van der Waals surface area contributed by atoms with E-state index in [1.807, 2.05) is 0 Å². The molecule has 2 rings (SSSR count). The van der Waals surface area contributed by atoms with Crippen LogP contribution in [0.4, 0.5) is 5.69 Å². The molecule has 0 bridgehead atoms. The predicted molar refractivity (Wildman–Crippen MR) is 75.9 cm³/mol. The van der Waals surface area contributed by atoms with Gasteiger partial charge in [0.1, 0.15) is 0 Å². The van der Waals surface area contributed by atoms with Crippen molar-refractivity contribution >= 4 is 27.3 Å². The number of carbonyl (C=O) groups excluding carboxylic acids is 1. The molecule has 0 spiro atoms. The Labute approximate surface area is 121 Å². The predicted octanol–water partition coefficient (Wildman–Crippen LogP) is 1.35. The van der Waals surface area contributed by atoms with Crippen LogP contribution < -0.4 is 11.1 Å². The van der Waals surface area contributed by atoms with Gasteiger partial charge in [0, 0.05) is 12.6 Å². The summed E-state index contributed by atoms with van der Waals surface area (Å²) in [6, 6.07) is 8.23. The van der Waals surface area contributed by atoms with Gasteiger partial charge in [-0.25, -0.2) is 8.42 Å². The highest BCUT2D eigenvalue weighted by atomic mass is 32.2. The van der Waals surface area contributed by atoms with Gasteiger partial charge in [0.25, 0.3) is 0 Å². The maximum atomic E-state index is 12.3. The number of benzene rings is 1. The van der Waals surface area contributed by atoms with Crippen molar-refractivity contribution in [2.24, 2.45) is 5.73 Å². The maximum absolute atomic E-state index is 12.3. The summed E-state index contributed by atoms with van der Waals surface area (Å²) >= 11 is 0. The topological polar surface area (TPSA) is 126 Å². The second kappa shape index (κ2) is 5.41. The van der Waals surface area contributed by atoms with Crippen molar-refractivity contribution in [2.45, 2.75) is 16.9 Å². The molecule has 0 saturated carbocycles. The van der Waals surface area contributed by atoms with Crippen molar-refractivity contribution in [1.29, 1.82) is 5.41 Å². The van der Waals surface area contributed by atoms with E-state index in [2.05, 4.69) is 5.32 Å². The highest BCUT2D eigenvalue weighted by Crippen LogP contribution is 2.24. The number of hydrogen-bond acceptors (Lipinski definition) is 5. The van der Waals surface area contributed by atoms with Gasteiger partial charge >= 0.3 is 0 Å². The Hall–Kier alpha value is -2.61. The third kappa shape index (κ3) is 3.11. The molecule has 0 aliphatic carbocycles. The molecule has 0 saturated heterocycles. The van der Waals surface area contributed by atoms with E-state index in [4.69, 9.17) is 15.6 Å². The largest absolute Gasteiger partial charge is 0.441 e. The molecular formula is C13H13N3O4S. The van der Waals surface area contributed by atoms with Gasteiger partial charge in [0.05, 0.1) is 4.90 Å². The molecule has 0 atom stereocenters. The molecule has 7 nitrogen and oxygen atoms in total. The van der Waals surface area contributed by atoms with E-state index < -0.39 is 9.84 Å². The minimum Gasteiger partial charge on any atom is -0.441 e. The van der Waals surface area contributed by atoms with Crippen LogP contribution in [-0.4, -0.2) is 20.2 Å². The van der Waals surface area contributed by atoms with Crippen LogP contribution in [-0.2, 0) is 14.6 Å². The summed E-state index contributed by atoms with van der Waals surface area (Å²) < 4.78 is 29.7. The molecule has 0 aliphatic rings. The van der Waals surface area contributed by atoms with Gasteiger partial charge in [-0.2, -0.15) is 0 Å². The molecule has 4 N–H and O–H groups in total. The van der Waals surface area contributed by atoms with E-state index in [9.17, 15) is 13.2 Å². The molecule has 110 valence electrons. The fraction of sp³-hybridized carbons (Fsp3) is 0.0769. The van der Waals surface area contributed by atoms with E-state index in [0.29, 0.717) is 5.69 Å². The monoisotopic (exact) mass is 307 g/mol. The number of sulfone groups is 1. The Balaban J connectivity index is 2.34. The van der Waals surface area contributed by atoms with Gasteiger partial charge in [0.15, 0.2) is 11.6 Å². The number of nitrogens with two attached hydrogens (primary N) is 1. The average Bonchev–Trinajstić information content (AvgIpc) is 2.89. The molecule has 1 aromatic carbocycles. The van der Waals surface area contributed by atoms with Gasteiger partial charge in [-0.05, 0) is 36.4 Å². The van der Waals surface area contributed by atoms with Crippen molar-refractivity contribution in [3.8, 4) is 0 Å². The molecular weight excluding hydrogens is 294 g/mol. The first kappa shape index (κ1) is 14.8. The summed E-state index contributed by atoms with van der Waals surface area (Å²) in [5, 5.41) is 9.45. The molecule has 1 amide bonds. The number of nitrogens with one attached hydrogen (secondary N) is 2. The molecule has 0 radical (unpaired) electrons. The van der Waals surface area contributed by atoms with E-state index in [1.165, 1.54) is 43.3 Å². The SMILES string of the molecule is CC(=O)Nc1ccc(S(=O)(=O)c2ccc(C(=N)N)o2)cc1. The number of amides is 1. The van der Waals surface area contributed by atoms with Crippen molar-refractivity contribution in [2.75, 3.05) is 5.32 Å². The summed E-state index contributed by atoms with van der Waals surface area (Å²) in [4.78, 5) is 10.9. The Morgan fingerprint density at radius 2 is 1.81 bits per heavy atom. The second-order valence-electron chi connectivity index (χ2n) is 4.24. The third-order valence-corrected chi connectivity index (χ3v) is 4.24. The zero-order valence-electron chi connectivity index (χ0n) is 11.1. The van der Waals surface area contributed by atoms with E-state index in [1.54, 1.807) is 0 Å². The van der Waals surface area contributed by atoms with Crippen molar-refractivity contribution < 1.29 is 17.6 Å². The Bertz CT molecular complexity index is 791. The molecule has 1 heterocycles. The van der Waals surface area contributed by atoms with Gasteiger partial charge < -0.3 is 15.5 Å². The zero-order chi connectivity index (χ0) is 15.6. The maximum Gasteiger partial charge on any atom is 0.239 e. The normalized spacial score (nSPS) is 11.1. The van der Waals surface area contributed by atoms with Crippen LogP contribution in [0.3, 0.4) is 0 Å². The van der Waals surface area contributed by atoms with Gasteiger partial charge in [0.2, 0.25) is 20.8 Å². The second-order valence-corrected chi connectivity index (χ2v) is 6.12. The fourth-order valence-electron chi connectivity index (χ4n) is 1.65. The lowest BCUT2D eigenvalue weighted by Crippen LogP contribution is -2.09. The average molecular weight is 307 g/mol. The first-order valence-electron chi connectivity index (χ1n) is 5.87. The lowest BCUT2D eigenvalue weighted by atomic mass is 10.3. The third-order valence-electron chi connectivity index (χ3n) is 2.60. The lowest BCUT2D eigenvalue weighted by molar-refractivity contribution is -0.114. The quantitative estimate of drug-likeness (QED) is 0.580. The lowest BCUT2D eigenvalue weighted by Gasteiger charge is -2.04. The van der Waals surface area contributed by atoms with Crippen molar-refractivity contribution in [3.05, 3.63) is 42.2 Å². The van der Waals surface area contributed by atoms with Crippen LogP contribution >= 0.6 is 0 Å². The van der Waals surface area contributed by atoms with Crippen LogP contribution in [0.5, 0.6) is 0 Å². The van der Waals surface area contributed by atoms with Crippen LogP contribution in [0.25, 0.3) is 0 Å². The summed E-state index contributed by atoms with van der Waals surface area (Å²) in [5.74, 6) is -0.608. The standard InChI is InChI=1S/C13H13N3O4S/c1-8(17)16-9-2-4-10(5-3-9)21(18,19)12-7-6-11(20-12)13(14)15/h2-7H,1H3,(H3,14,15)(H,16,17). The minimum absolute atomic E-state index is 0.0107. The minimum atomic E-state index is -3.83. The summed E-state index contributed by atoms with van der Waals surface area (Å²) in [6.07, 6.45) is 0. The van der Waals surface area contributed by atoms with Crippen molar-refractivity contribution in [1.82, 2.24) is 0 Å². The number of furan rings is 1. The number of carbonyl (C=O) groups is 1. The van der Waals surface area contributed by atoms with Gasteiger partial charge in [-0.1, -0.05) is 0 Å². The summed E-state index contributed by atoms with van der Waals surface area (Å²) in [5.41, 5.74) is 5.72. The number of amidine groups is 1. The van der Waals surface area contributed by atoms with Crippen LogP contribution in [0, 0.1) is 5.41 Å². The Kier molecular flexibility index (Phi) is 3.81. The first-order chi connectivity index (χ1) is 9.80. The highest BCUT2D eigenvalue weighted by molar-refractivity contribution is 7.91. The first-order valence-corrected chi connectivity index (χ1v) is 7.36. The molecule has 2 aromatic rings. The molecule has 1 aromatic heterocycles. The molecule has 8 heteroatoms. The molecule has 0 fully saturated rings. The Morgan fingerprint density at radius 1 is 1.19 bits per heavy atom.